The summed E-state index contributed by atoms with van der Waals surface area (Å²) in [5, 5.41) is 9.62. The number of Topliss-reactive ketones (excluding diaryl/α,β-unsaturated/α-hetero) is 1. The fraction of sp³-hybridized carbons (Fsp3) is 0.0667. The number of carbonyl (C=O) groups is 1. The molecule has 0 aliphatic heterocycles. The predicted octanol–water partition coefficient (Wildman–Crippen LogP) is 4.13. The van der Waals surface area contributed by atoms with Crippen LogP contribution in [0.1, 0.15) is 15.9 Å². The van der Waals surface area contributed by atoms with Crippen molar-refractivity contribution in [2.45, 2.75) is 0 Å². The van der Waals surface area contributed by atoms with Gasteiger partial charge in [0.2, 0.25) is 0 Å². The van der Waals surface area contributed by atoms with Gasteiger partial charge in [0.15, 0.2) is 12.4 Å². The number of carbonyl (C=O) groups excluding carboxylic acids is 1. The summed E-state index contributed by atoms with van der Waals surface area (Å²) < 4.78 is 5.37. The number of hydrogen-bond donors (Lipinski definition) is 0. The smallest absolute Gasteiger partial charge is 0.200 e. The molecule has 0 saturated heterocycles. The molecular formula is C15H9Cl2NO2. The monoisotopic (exact) mass is 305 g/mol. The molecule has 20 heavy (non-hydrogen) atoms. The fourth-order valence-electron chi connectivity index (χ4n) is 1.58. The molecule has 2 aromatic rings. The average molecular weight is 306 g/mol. The summed E-state index contributed by atoms with van der Waals surface area (Å²) in [6.45, 7) is -0.170. The van der Waals surface area contributed by atoms with E-state index in [1.165, 1.54) is 6.07 Å². The molecule has 0 amide bonds. The van der Waals surface area contributed by atoms with Crippen molar-refractivity contribution in [1.82, 2.24) is 0 Å². The summed E-state index contributed by atoms with van der Waals surface area (Å²) >= 11 is 11.6. The van der Waals surface area contributed by atoms with E-state index in [0.29, 0.717) is 26.9 Å². The molecule has 0 unspecified atom stereocenters. The molecule has 0 aliphatic rings. The van der Waals surface area contributed by atoms with Crippen LogP contribution in [0.15, 0.2) is 42.5 Å². The topological polar surface area (TPSA) is 50.1 Å². The number of benzene rings is 2. The van der Waals surface area contributed by atoms with Gasteiger partial charge >= 0.3 is 0 Å². The number of ketones is 1. The molecule has 0 heterocycles. The van der Waals surface area contributed by atoms with Crippen LogP contribution >= 0.6 is 23.2 Å². The molecular weight excluding hydrogens is 297 g/mol. The zero-order valence-electron chi connectivity index (χ0n) is 10.3. The Morgan fingerprint density at radius 3 is 2.60 bits per heavy atom. The summed E-state index contributed by atoms with van der Waals surface area (Å²) in [4.78, 5) is 12.0. The lowest BCUT2D eigenvalue weighted by Crippen LogP contribution is -2.12. The molecule has 0 aliphatic carbocycles. The van der Waals surface area contributed by atoms with Gasteiger partial charge in [-0.3, -0.25) is 4.79 Å². The molecule has 5 heteroatoms. The Bertz CT molecular complexity index is 693. The Morgan fingerprint density at radius 2 is 1.90 bits per heavy atom. The van der Waals surface area contributed by atoms with Gasteiger partial charge in [0.25, 0.3) is 0 Å². The van der Waals surface area contributed by atoms with E-state index >= 15 is 0 Å². The zero-order valence-corrected chi connectivity index (χ0v) is 11.8. The lowest BCUT2D eigenvalue weighted by molar-refractivity contribution is 0.0921. The van der Waals surface area contributed by atoms with E-state index in [1.54, 1.807) is 36.4 Å². The Kier molecular flexibility index (Phi) is 4.62. The molecule has 0 aromatic heterocycles. The van der Waals surface area contributed by atoms with Gasteiger partial charge in [0.1, 0.15) is 11.8 Å². The molecule has 100 valence electrons. The minimum Gasteiger partial charge on any atom is -0.484 e. The highest BCUT2D eigenvalue weighted by Crippen LogP contribution is 2.23. The highest BCUT2D eigenvalue weighted by molar-refractivity contribution is 6.42. The van der Waals surface area contributed by atoms with Crippen LogP contribution in [0.5, 0.6) is 5.75 Å². The van der Waals surface area contributed by atoms with Gasteiger partial charge in [-0.15, -0.1) is 0 Å². The van der Waals surface area contributed by atoms with Crippen LogP contribution in [0.25, 0.3) is 0 Å². The predicted molar refractivity (Wildman–Crippen MR) is 77.4 cm³/mol. The van der Waals surface area contributed by atoms with Crippen LogP contribution in [-0.4, -0.2) is 12.4 Å². The van der Waals surface area contributed by atoms with E-state index in [-0.39, 0.29) is 12.4 Å². The minimum absolute atomic E-state index is 0.170. The third-order valence-electron chi connectivity index (χ3n) is 2.61. The maximum Gasteiger partial charge on any atom is 0.200 e. The van der Waals surface area contributed by atoms with Crippen molar-refractivity contribution < 1.29 is 9.53 Å². The van der Waals surface area contributed by atoms with Crippen LogP contribution in [-0.2, 0) is 0 Å². The number of nitriles is 1. The van der Waals surface area contributed by atoms with Crippen LogP contribution in [0.3, 0.4) is 0 Å². The molecule has 2 aromatic carbocycles. The largest absolute Gasteiger partial charge is 0.484 e. The number of hydrogen-bond acceptors (Lipinski definition) is 3. The van der Waals surface area contributed by atoms with Crippen LogP contribution in [0.2, 0.25) is 10.0 Å². The molecule has 2 rings (SSSR count). The standard InChI is InChI=1S/C15H9Cl2NO2/c16-12-6-5-10(7-13(12)17)14(19)9-20-15-4-2-1-3-11(15)8-18/h1-7H,9H2. The number of para-hydroxylation sites is 1. The minimum atomic E-state index is -0.240. The van der Waals surface area contributed by atoms with E-state index in [0.717, 1.165) is 0 Å². The Labute approximate surface area is 126 Å². The number of nitrogens with zero attached hydrogens (tertiary/aromatic N) is 1. The van der Waals surface area contributed by atoms with Gasteiger partial charge in [-0.05, 0) is 30.3 Å². The van der Waals surface area contributed by atoms with E-state index in [4.69, 9.17) is 33.2 Å². The van der Waals surface area contributed by atoms with Gasteiger partial charge in [-0.25, -0.2) is 0 Å². The summed E-state index contributed by atoms with van der Waals surface area (Å²) in [7, 11) is 0. The Balaban J connectivity index is 2.09. The van der Waals surface area contributed by atoms with E-state index in [9.17, 15) is 4.79 Å². The SMILES string of the molecule is N#Cc1ccccc1OCC(=O)c1ccc(Cl)c(Cl)c1. The van der Waals surface area contributed by atoms with Crippen molar-refractivity contribution >= 4 is 29.0 Å². The third-order valence-corrected chi connectivity index (χ3v) is 3.35. The van der Waals surface area contributed by atoms with Crippen molar-refractivity contribution in [2.75, 3.05) is 6.61 Å². The first-order valence-corrected chi connectivity index (χ1v) is 6.47. The molecule has 0 spiro atoms. The number of halogens is 2. The summed E-state index contributed by atoms with van der Waals surface area (Å²) in [6.07, 6.45) is 0. The van der Waals surface area contributed by atoms with Crippen LogP contribution in [0.4, 0.5) is 0 Å². The van der Waals surface area contributed by atoms with Gasteiger partial charge in [-0.2, -0.15) is 5.26 Å². The van der Waals surface area contributed by atoms with Crippen LogP contribution < -0.4 is 4.74 Å². The second-order valence-corrected chi connectivity index (χ2v) is 4.76. The Morgan fingerprint density at radius 1 is 1.15 bits per heavy atom. The first kappa shape index (κ1) is 14.4. The summed E-state index contributed by atoms with van der Waals surface area (Å²) in [5.74, 6) is 0.139. The van der Waals surface area contributed by atoms with Crippen molar-refractivity contribution in [1.29, 1.82) is 5.26 Å². The summed E-state index contributed by atoms with van der Waals surface area (Å²) in [6, 6.07) is 13.4. The number of rotatable bonds is 4. The highest BCUT2D eigenvalue weighted by Gasteiger charge is 2.10. The normalized spacial score (nSPS) is 9.85. The van der Waals surface area contributed by atoms with Crippen molar-refractivity contribution in [3.05, 3.63) is 63.6 Å². The molecule has 0 N–H and O–H groups in total. The first-order valence-electron chi connectivity index (χ1n) is 5.72. The van der Waals surface area contributed by atoms with Crippen LogP contribution in [0, 0.1) is 11.3 Å². The van der Waals surface area contributed by atoms with E-state index < -0.39 is 0 Å². The van der Waals surface area contributed by atoms with Gasteiger partial charge in [0.05, 0.1) is 15.6 Å². The molecule has 0 bridgehead atoms. The van der Waals surface area contributed by atoms with E-state index in [2.05, 4.69) is 0 Å². The second kappa shape index (κ2) is 6.42. The molecule has 0 fully saturated rings. The zero-order chi connectivity index (χ0) is 14.5. The molecule has 0 radical (unpaired) electrons. The summed E-state index contributed by atoms with van der Waals surface area (Å²) in [5.41, 5.74) is 0.795. The fourth-order valence-corrected chi connectivity index (χ4v) is 1.88. The van der Waals surface area contributed by atoms with E-state index in [1.807, 2.05) is 6.07 Å². The maximum atomic E-state index is 12.0. The lowest BCUT2D eigenvalue weighted by atomic mass is 10.1. The van der Waals surface area contributed by atoms with Gasteiger partial charge in [-0.1, -0.05) is 35.3 Å². The Hall–Kier alpha value is -2.02. The van der Waals surface area contributed by atoms with Crippen molar-refractivity contribution in [2.24, 2.45) is 0 Å². The second-order valence-electron chi connectivity index (χ2n) is 3.95. The van der Waals surface area contributed by atoms with Crippen molar-refractivity contribution in [3.8, 4) is 11.8 Å². The lowest BCUT2D eigenvalue weighted by Gasteiger charge is -2.07. The number of ether oxygens (including phenoxy) is 1. The average Bonchev–Trinajstić information content (AvgIpc) is 2.47. The molecule has 0 atom stereocenters. The first-order chi connectivity index (χ1) is 9.61. The van der Waals surface area contributed by atoms with Gasteiger partial charge in [0, 0.05) is 5.56 Å². The van der Waals surface area contributed by atoms with Gasteiger partial charge < -0.3 is 4.74 Å². The highest BCUT2D eigenvalue weighted by atomic mass is 35.5. The third kappa shape index (κ3) is 3.30. The molecule has 0 saturated carbocycles. The van der Waals surface area contributed by atoms with Crippen molar-refractivity contribution in [3.63, 3.8) is 0 Å². The maximum absolute atomic E-state index is 12.0. The molecule has 3 nitrogen and oxygen atoms in total. The quantitative estimate of drug-likeness (QED) is 0.798.